The van der Waals surface area contributed by atoms with Crippen molar-refractivity contribution in [3.8, 4) is 0 Å². The van der Waals surface area contributed by atoms with Crippen LogP contribution >= 0.6 is 0 Å². The number of rotatable bonds is 6. The Balaban J connectivity index is 1.90. The predicted molar refractivity (Wildman–Crippen MR) is 86.7 cm³/mol. The molecule has 0 saturated carbocycles. The second kappa shape index (κ2) is 7.40. The Morgan fingerprint density at radius 3 is 2.62 bits per heavy atom. The van der Waals surface area contributed by atoms with E-state index in [2.05, 4.69) is 31.0 Å². The van der Waals surface area contributed by atoms with Gasteiger partial charge in [0.2, 0.25) is 0 Å². The molecule has 0 aromatic carbocycles. The standard InChI is InChI=1S/C17H34N2O2/c1-16(2,3)18-13-17(6-9-21-10-7-17)14-19-8-5-15(11-19)12-20-4/h15,18H,5-14H2,1-4H3. The fraction of sp³-hybridized carbons (Fsp3) is 1.00. The molecule has 1 N–H and O–H groups in total. The number of methoxy groups -OCH3 is 1. The number of likely N-dealkylation sites (tertiary alicyclic amines) is 1. The fourth-order valence-corrected chi connectivity index (χ4v) is 3.55. The lowest BCUT2D eigenvalue weighted by atomic mass is 9.79. The van der Waals surface area contributed by atoms with E-state index in [1.807, 2.05) is 7.11 Å². The van der Waals surface area contributed by atoms with E-state index in [-0.39, 0.29) is 5.54 Å². The summed E-state index contributed by atoms with van der Waals surface area (Å²) < 4.78 is 10.9. The molecule has 4 heteroatoms. The molecule has 0 aliphatic carbocycles. The topological polar surface area (TPSA) is 33.7 Å². The third-order valence-electron chi connectivity index (χ3n) is 4.88. The fourth-order valence-electron chi connectivity index (χ4n) is 3.55. The summed E-state index contributed by atoms with van der Waals surface area (Å²) in [7, 11) is 1.82. The zero-order valence-corrected chi connectivity index (χ0v) is 14.4. The van der Waals surface area contributed by atoms with Crippen molar-refractivity contribution in [1.82, 2.24) is 10.2 Å². The lowest BCUT2D eigenvalue weighted by Crippen LogP contribution is -2.50. The third-order valence-corrected chi connectivity index (χ3v) is 4.88. The molecule has 1 atom stereocenters. The van der Waals surface area contributed by atoms with Crippen molar-refractivity contribution in [2.45, 2.75) is 45.6 Å². The van der Waals surface area contributed by atoms with Crippen LogP contribution in [0.4, 0.5) is 0 Å². The molecule has 4 nitrogen and oxygen atoms in total. The van der Waals surface area contributed by atoms with E-state index < -0.39 is 0 Å². The van der Waals surface area contributed by atoms with Crippen LogP contribution in [0.1, 0.15) is 40.0 Å². The highest BCUT2D eigenvalue weighted by Crippen LogP contribution is 2.33. The average Bonchev–Trinajstić information content (AvgIpc) is 2.85. The molecule has 1 unspecified atom stereocenters. The maximum atomic E-state index is 5.61. The largest absolute Gasteiger partial charge is 0.384 e. The van der Waals surface area contributed by atoms with Crippen LogP contribution in [0.3, 0.4) is 0 Å². The van der Waals surface area contributed by atoms with Crippen molar-refractivity contribution in [3.63, 3.8) is 0 Å². The van der Waals surface area contributed by atoms with Gasteiger partial charge in [-0.3, -0.25) is 0 Å². The van der Waals surface area contributed by atoms with E-state index in [1.54, 1.807) is 0 Å². The highest BCUT2D eigenvalue weighted by molar-refractivity contribution is 4.91. The molecular weight excluding hydrogens is 264 g/mol. The maximum absolute atomic E-state index is 5.61. The van der Waals surface area contributed by atoms with Crippen molar-refractivity contribution in [1.29, 1.82) is 0 Å². The van der Waals surface area contributed by atoms with E-state index in [9.17, 15) is 0 Å². The van der Waals surface area contributed by atoms with E-state index >= 15 is 0 Å². The normalized spacial score (nSPS) is 27.1. The molecular formula is C17H34N2O2. The molecule has 2 rings (SSSR count). The Morgan fingerprint density at radius 1 is 1.29 bits per heavy atom. The van der Waals surface area contributed by atoms with Gasteiger partial charge in [0.25, 0.3) is 0 Å². The molecule has 2 heterocycles. The Hall–Kier alpha value is -0.160. The van der Waals surface area contributed by atoms with Gasteiger partial charge in [-0.15, -0.1) is 0 Å². The minimum absolute atomic E-state index is 0.189. The Bertz CT molecular complexity index is 308. The summed E-state index contributed by atoms with van der Waals surface area (Å²) in [5.41, 5.74) is 0.572. The summed E-state index contributed by atoms with van der Waals surface area (Å²) in [5.74, 6) is 0.725. The first-order valence-electron chi connectivity index (χ1n) is 8.47. The van der Waals surface area contributed by atoms with Crippen molar-refractivity contribution in [3.05, 3.63) is 0 Å². The number of hydrogen-bond acceptors (Lipinski definition) is 4. The SMILES string of the molecule is COCC1CCN(CC2(CNC(C)(C)C)CCOCC2)C1. The summed E-state index contributed by atoms with van der Waals surface area (Å²) in [6.45, 7) is 14.2. The van der Waals surface area contributed by atoms with Crippen LogP contribution in [0.2, 0.25) is 0 Å². The van der Waals surface area contributed by atoms with Gasteiger partial charge < -0.3 is 19.7 Å². The van der Waals surface area contributed by atoms with Gasteiger partial charge in [-0.05, 0) is 57.9 Å². The molecule has 0 radical (unpaired) electrons. The Kier molecular flexibility index (Phi) is 6.06. The molecule has 0 spiro atoms. The highest BCUT2D eigenvalue weighted by Gasteiger charge is 2.37. The van der Waals surface area contributed by atoms with E-state index in [0.29, 0.717) is 5.41 Å². The van der Waals surface area contributed by atoms with Crippen molar-refractivity contribution < 1.29 is 9.47 Å². The van der Waals surface area contributed by atoms with Crippen LogP contribution in [-0.4, -0.2) is 63.5 Å². The monoisotopic (exact) mass is 298 g/mol. The first-order chi connectivity index (χ1) is 9.92. The summed E-state index contributed by atoms with van der Waals surface area (Å²) in [5, 5.41) is 3.74. The molecule has 0 bridgehead atoms. The van der Waals surface area contributed by atoms with E-state index in [1.165, 1.54) is 38.9 Å². The van der Waals surface area contributed by atoms with Crippen LogP contribution in [-0.2, 0) is 9.47 Å². The minimum Gasteiger partial charge on any atom is -0.384 e. The van der Waals surface area contributed by atoms with Crippen LogP contribution in [0.25, 0.3) is 0 Å². The molecule has 21 heavy (non-hydrogen) atoms. The second-order valence-corrected chi connectivity index (χ2v) is 8.06. The second-order valence-electron chi connectivity index (χ2n) is 8.06. The molecule has 0 amide bonds. The number of hydrogen-bond donors (Lipinski definition) is 1. The number of nitrogens with zero attached hydrogens (tertiary/aromatic N) is 1. The van der Waals surface area contributed by atoms with Crippen molar-refractivity contribution in [2.24, 2.45) is 11.3 Å². The average molecular weight is 298 g/mol. The lowest BCUT2D eigenvalue weighted by molar-refractivity contribution is -0.00465. The Morgan fingerprint density at radius 2 is 2.00 bits per heavy atom. The van der Waals surface area contributed by atoms with Gasteiger partial charge in [0.05, 0.1) is 6.61 Å². The van der Waals surface area contributed by atoms with Crippen molar-refractivity contribution >= 4 is 0 Å². The van der Waals surface area contributed by atoms with Crippen LogP contribution < -0.4 is 5.32 Å². The van der Waals surface area contributed by atoms with Crippen LogP contribution in [0.15, 0.2) is 0 Å². The molecule has 2 fully saturated rings. The van der Waals surface area contributed by atoms with Gasteiger partial charge in [0.15, 0.2) is 0 Å². The highest BCUT2D eigenvalue weighted by atomic mass is 16.5. The first-order valence-corrected chi connectivity index (χ1v) is 8.47. The zero-order valence-electron chi connectivity index (χ0n) is 14.4. The summed E-state index contributed by atoms with van der Waals surface area (Å²) in [4.78, 5) is 2.65. The summed E-state index contributed by atoms with van der Waals surface area (Å²) >= 11 is 0. The van der Waals surface area contributed by atoms with E-state index in [0.717, 1.165) is 32.3 Å². The number of ether oxygens (including phenoxy) is 2. The summed E-state index contributed by atoms with van der Waals surface area (Å²) in [6, 6.07) is 0. The molecule has 0 aromatic heterocycles. The van der Waals surface area contributed by atoms with Crippen molar-refractivity contribution in [2.75, 3.05) is 53.1 Å². The Labute approximate surface area is 130 Å². The lowest BCUT2D eigenvalue weighted by Gasteiger charge is -2.42. The smallest absolute Gasteiger partial charge is 0.0503 e. The van der Waals surface area contributed by atoms with Gasteiger partial charge in [0.1, 0.15) is 0 Å². The predicted octanol–water partition coefficient (Wildman–Crippen LogP) is 2.14. The van der Waals surface area contributed by atoms with Gasteiger partial charge in [0, 0.05) is 45.5 Å². The maximum Gasteiger partial charge on any atom is 0.0503 e. The van der Waals surface area contributed by atoms with Crippen LogP contribution in [0.5, 0.6) is 0 Å². The third kappa shape index (κ3) is 5.51. The van der Waals surface area contributed by atoms with Crippen LogP contribution in [0, 0.1) is 11.3 Å². The molecule has 2 aliphatic heterocycles. The zero-order chi connectivity index (χ0) is 15.3. The molecule has 124 valence electrons. The summed E-state index contributed by atoms with van der Waals surface area (Å²) in [6.07, 6.45) is 3.65. The molecule has 2 aliphatic rings. The van der Waals surface area contributed by atoms with E-state index in [4.69, 9.17) is 9.47 Å². The molecule has 2 saturated heterocycles. The van der Waals surface area contributed by atoms with Gasteiger partial charge in [-0.1, -0.05) is 0 Å². The number of nitrogens with one attached hydrogen (secondary N) is 1. The quantitative estimate of drug-likeness (QED) is 0.814. The van der Waals surface area contributed by atoms with Gasteiger partial charge in [-0.2, -0.15) is 0 Å². The molecule has 0 aromatic rings. The van der Waals surface area contributed by atoms with Gasteiger partial charge >= 0.3 is 0 Å². The first kappa shape index (κ1) is 17.2. The minimum atomic E-state index is 0.189. The van der Waals surface area contributed by atoms with Gasteiger partial charge in [-0.25, -0.2) is 0 Å².